The minimum Gasteiger partial charge on any atom is -0.494 e. The summed E-state index contributed by atoms with van der Waals surface area (Å²) in [6.07, 6.45) is -17.0. The number of allylic oxidation sites excluding steroid dienone is 2. The molecule has 2 aliphatic rings. The highest BCUT2D eigenvalue weighted by atomic mass is 19.4. The Hall–Kier alpha value is -4.60. The van der Waals surface area contributed by atoms with Gasteiger partial charge in [-0.1, -0.05) is 36.4 Å². The number of amides is 1. The summed E-state index contributed by atoms with van der Waals surface area (Å²) in [4.78, 5) is 24.5. The van der Waals surface area contributed by atoms with Crippen molar-refractivity contribution in [1.29, 1.82) is 0 Å². The molecule has 0 aliphatic heterocycles. The van der Waals surface area contributed by atoms with Crippen molar-refractivity contribution in [2.45, 2.75) is 62.2 Å². The van der Waals surface area contributed by atoms with E-state index in [1.54, 1.807) is 0 Å². The van der Waals surface area contributed by atoms with Crippen LogP contribution < -0.4 is 10.1 Å². The molecule has 2 N–H and O–H groups in total. The molecule has 0 saturated heterocycles. The summed E-state index contributed by atoms with van der Waals surface area (Å²) >= 11 is 0. The molecule has 6 nitrogen and oxygen atoms in total. The van der Waals surface area contributed by atoms with Crippen LogP contribution in [-0.4, -0.2) is 54.6 Å². The number of hydrogen-bond acceptors (Lipinski definition) is 4. The summed E-state index contributed by atoms with van der Waals surface area (Å²) in [5, 5.41) is 11.3. The average Bonchev–Trinajstić information content (AvgIpc) is 3.02. The average molecular weight is 722 g/mol. The minimum absolute atomic E-state index is 0.0318. The maximum Gasteiger partial charge on any atom is 0.417 e. The van der Waals surface area contributed by atoms with Gasteiger partial charge in [0.1, 0.15) is 29.5 Å². The summed E-state index contributed by atoms with van der Waals surface area (Å²) in [5.74, 6) is -6.67. The summed E-state index contributed by atoms with van der Waals surface area (Å²) in [6, 6.07) is 9.90. The van der Waals surface area contributed by atoms with Crippen LogP contribution in [0.3, 0.4) is 0 Å². The van der Waals surface area contributed by atoms with Gasteiger partial charge in [0.05, 0.1) is 18.2 Å². The first-order chi connectivity index (χ1) is 23.4. The fourth-order valence-electron chi connectivity index (χ4n) is 5.39. The van der Waals surface area contributed by atoms with Gasteiger partial charge in [-0.2, -0.15) is 22.0 Å². The van der Waals surface area contributed by atoms with E-state index < -0.39 is 84.4 Å². The summed E-state index contributed by atoms with van der Waals surface area (Å²) in [7, 11) is 0. The Balaban J connectivity index is 1.83. The predicted octanol–water partition coefficient (Wildman–Crippen LogP) is 8.06. The first-order valence-electron chi connectivity index (χ1n) is 14.9. The van der Waals surface area contributed by atoms with E-state index in [1.807, 2.05) is 0 Å². The Labute approximate surface area is 278 Å². The van der Waals surface area contributed by atoms with Crippen LogP contribution in [0.4, 0.5) is 43.9 Å². The lowest BCUT2D eigenvalue weighted by Crippen LogP contribution is -2.50. The summed E-state index contributed by atoms with van der Waals surface area (Å²) < 4.78 is 148. The van der Waals surface area contributed by atoms with Gasteiger partial charge in [0, 0.05) is 24.8 Å². The van der Waals surface area contributed by atoms with Crippen LogP contribution in [0.15, 0.2) is 95.9 Å². The molecule has 0 fully saturated rings. The van der Waals surface area contributed by atoms with E-state index in [2.05, 4.69) is 10.1 Å². The summed E-state index contributed by atoms with van der Waals surface area (Å²) in [6.45, 7) is 0.0318. The molecule has 4 rings (SSSR count). The Kier molecular flexibility index (Phi) is 11.9. The SMILES string of the molecule is O=C(O)CCCOc1ccc(C[C@](NC(=O)C2=CC(C(F)(F)F)C(F)C=C2)(C2=CC(OC(F)(F)C(F)F)CC(F)=C2)c2ccc(F)cc2)cc1. The molecule has 0 saturated carbocycles. The number of halogens is 10. The Bertz CT molecular complexity index is 1650. The van der Waals surface area contributed by atoms with Gasteiger partial charge in [0.25, 0.3) is 5.91 Å². The number of ether oxygens (including phenoxy) is 2. The van der Waals surface area contributed by atoms with Crippen molar-refractivity contribution in [3.63, 3.8) is 0 Å². The molecular formula is C34H29F10NO5. The van der Waals surface area contributed by atoms with Crippen molar-refractivity contribution in [3.05, 3.63) is 113 Å². The Morgan fingerprint density at radius 2 is 1.62 bits per heavy atom. The van der Waals surface area contributed by atoms with Crippen LogP contribution in [0.25, 0.3) is 0 Å². The van der Waals surface area contributed by atoms with Crippen molar-refractivity contribution in [3.8, 4) is 5.75 Å². The lowest BCUT2D eigenvalue weighted by Gasteiger charge is -2.39. The van der Waals surface area contributed by atoms with Gasteiger partial charge in [0.2, 0.25) is 0 Å². The molecular weight excluding hydrogens is 692 g/mol. The van der Waals surface area contributed by atoms with Crippen molar-refractivity contribution in [1.82, 2.24) is 5.32 Å². The molecule has 3 unspecified atom stereocenters. The van der Waals surface area contributed by atoms with E-state index in [4.69, 9.17) is 9.84 Å². The van der Waals surface area contributed by atoms with Gasteiger partial charge in [-0.15, -0.1) is 0 Å². The van der Waals surface area contributed by atoms with Crippen molar-refractivity contribution < 1.29 is 68.1 Å². The maximum atomic E-state index is 15.2. The standard InChI is InChI=1S/C34H29F10NO5/c35-23-8-6-21(7-9-23)32(18-19-3-10-25(11-4-19)49-13-1-2-29(46)47,22-15-24(36)17-26(16-22)50-34(43,44)31(38)39)45-30(48)20-5-12-28(37)27(14-20)33(40,41)42/h3-12,14-16,26-28,31H,1-2,13,17-18H2,(H,45,48)(H,46,47)/t26?,27?,28?,32-/m1/s1. The first kappa shape index (κ1) is 38.2. The van der Waals surface area contributed by atoms with E-state index in [-0.39, 0.29) is 36.3 Å². The molecule has 1 amide bonds. The molecule has 2 aliphatic carbocycles. The van der Waals surface area contributed by atoms with E-state index in [0.29, 0.717) is 17.7 Å². The van der Waals surface area contributed by atoms with Crippen molar-refractivity contribution in [2.75, 3.05) is 6.61 Å². The van der Waals surface area contributed by atoms with Crippen LogP contribution in [0, 0.1) is 11.7 Å². The number of carbonyl (C=O) groups excluding carboxylic acids is 1. The molecule has 0 spiro atoms. The lowest BCUT2D eigenvalue weighted by molar-refractivity contribution is -0.312. The second-order valence-corrected chi connectivity index (χ2v) is 11.5. The quantitative estimate of drug-likeness (QED) is 0.152. The normalized spacial score (nSPS) is 20.8. The smallest absolute Gasteiger partial charge is 0.417 e. The number of rotatable bonds is 14. The monoisotopic (exact) mass is 721 g/mol. The molecule has 0 radical (unpaired) electrons. The van der Waals surface area contributed by atoms with Gasteiger partial charge in [-0.05, 0) is 65.6 Å². The van der Waals surface area contributed by atoms with E-state index in [9.17, 15) is 49.1 Å². The number of carbonyl (C=O) groups is 2. The van der Waals surface area contributed by atoms with Crippen LogP contribution in [0.2, 0.25) is 0 Å². The number of alkyl halides is 8. The number of aliphatic carboxylic acids is 1. The van der Waals surface area contributed by atoms with Crippen molar-refractivity contribution >= 4 is 11.9 Å². The molecule has 0 heterocycles. The summed E-state index contributed by atoms with van der Waals surface area (Å²) in [5.41, 5.74) is -2.93. The van der Waals surface area contributed by atoms with Gasteiger partial charge in [-0.25, -0.2) is 22.0 Å². The minimum atomic E-state index is -5.10. The van der Waals surface area contributed by atoms with E-state index >= 15 is 4.39 Å². The second kappa shape index (κ2) is 15.5. The van der Waals surface area contributed by atoms with Crippen LogP contribution in [0.5, 0.6) is 5.75 Å². The fraction of sp³-hybridized carbons (Fsp3) is 0.353. The molecule has 0 aromatic heterocycles. The molecule has 4 atom stereocenters. The largest absolute Gasteiger partial charge is 0.494 e. The Morgan fingerprint density at radius 1 is 0.960 bits per heavy atom. The maximum absolute atomic E-state index is 15.2. The van der Waals surface area contributed by atoms with Gasteiger partial charge >= 0.3 is 24.7 Å². The number of benzene rings is 2. The molecule has 270 valence electrons. The molecule has 2 aromatic carbocycles. The fourth-order valence-corrected chi connectivity index (χ4v) is 5.39. The molecule has 16 heteroatoms. The second-order valence-electron chi connectivity index (χ2n) is 11.5. The van der Waals surface area contributed by atoms with E-state index in [0.717, 1.165) is 42.5 Å². The van der Waals surface area contributed by atoms with Crippen LogP contribution in [-0.2, 0) is 26.3 Å². The number of carboxylic acid groups (broad SMARTS) is 1. The number of nitrogens with one attached hydrogen (secondary N) is 1. The highest BCUT2D eigenvalue weighted by molar-refractivity contribution is 5.97. The predicted molar refractivity (Wildman–Crippen MR) is 158 cm³/mol. The zero-order chi connectivity index (χ0) is 36.9. The highest BCUT2D eigenvalue weighted by Gasteiger charge is 2.47. The molecule has 0 bridgehead atoms. The Morgan fingerprint density at radius 3 is 2.22 bits per heavy atom. The zero-order valence-corrected chi connectivity index (χ0v) is 25.7. The zero-order valence-electron chi connectivity index (χ0n) is 25.7. The number of carboxylic acids is 1. The number of hydrogen-bond donors (Lipinski definition) is 2. The van der Waals surface area contributed by atoms with Gasteiger partial charge in [0.15, 0.2) is 0 Å². The third kappa shape index (κ3) is 9.55. The van der Waals surface area contributed by atoms with Crippen LogP contribution >= 0.6 is 0 Å². The highest BCUT2D eigenvalue weighted by Crippen LogP contribution is 2.41. The first-order valence-corrected chi connectivity index (χ1v) is 14.9. The van der Waals surface area contributed by atoms with Crippen molar-refractivity contribution in [2.24, 2.45) is 5.92 Å². The van der Waals surface area contributed by atoms with Gasteiger partial charge in [-0.3, -0.25) is 9.59 Å². The molecule has 2 aromatic rings. The molecule has 50 heavy (non-hydrogen) atoms. The lowest BCUT2D eigenvalue weighted by atomic mass is 9.75. The van der Waals surface area contributed by atoms with Crippen LogP contribution in [0.1, 0.15) is 30.4 Å². The van der Waals surface area contributed by atoms with Gasteiger partial charge < -0.3 is 19.9 Å². The van der Waals surface area contributed by atoms with E-state index in [1.165, 1.54) is 24.3 Å². The third-order valence-corrected chi connectivity index (χ3v) is 7.79. The topological polar surface area (TPSA) is 84.9 Å². The third-order valence-electron chi connectivity index (χ3n) is 7.79.